The molecule has 0 saturated carbocycles. The quantitative estimate of drug-likeness (QED) is 0.725. The zero-order valence-electron chi connectivity index (χ0n) is 8.10. The second kappa shape index (κ2) is 5.50. The van der Waals surface area contributed by atoms with Gasteiger partial charge in [0.2, 0.25) is 0 Å². The molecular formula is C9H18F2N2. The average molecular weight is 192 g/mol. The zero-order chi connectivity index (χ0) is 9.68. The van der Waals surface area contributed by atoms with Crippen LogP contribution in [0.25, 0.3) is 0 Å². The lowest BCUT2D eigenvalue weighted by Crippen LogP contribution is -2.32. The van der Waals surface area contributed by atoms with Gasteiger partial charge in [-0.2, -0.15) is 0 Å². The Hall–Kier alpha value is -0.220. The molecule has 1 heterocycles. The molecule has 0 aliphatic carbocycles. The van der Waals surface area contributed by atoms with Crippen molar-refractivity contribution in [3.8, 4) is 0 Å². The highest BCUT2D eigenvalue weighted by molar-refractivity contribution is 4.74. The SMILES string of the molecule is CCC1CCN(CC(F)F)CCN1. The lowest BCUT2D eigenvalue weighted by Gasteiger charge is -2.18. The molecular weight excluding hydrogens is 174 g/mol. The van der Waals surface area contributed by atoms with E-state index in [1.54, 1.807) is 0 Å². The molecule has 4 heteroatoms. The fourth-order valence-corrected chi connectivity index (χ4v) is 1.71. The van der Waals surface area contributed by atoms with Gasteiger partial charge in [-0.1, -0.05) is 6.92 Å². The van der Waals surface area contributed by atoms with Crippen molar-refractivity contribution in [2.24, 2.45) is 0 Å². The molecule has 1 aliphatic heterocycles. The third-order valence-corrected chi connectivity index (χ3v) is 2.54. The van der Waals surface area contributed by atoms with Gasteiger partial charge in [0.25, 0.3) is 6.43 Å². The smallest absolute Gasteiger partial charge is 0.251 e. The Morgan fingerprint density at radius 1 is 1.46 bits per heavy atom. The van der Waals surface area contributed by atoms with Crippen LogP contribution in [0.5, 0.6) is 0 Å². The first kappa shape index (κ1) is 10.9. The minimum absolute atomic E-state index is 0.0713. The molecule has 13 heavy (non-hydrogen) atoms. The van der Waals surface area contributed by atoms with Gasteiger partial charge in [-0.3, -0.25) is 4.90 Å². The van der Waals surface area contributed by atoms with Crippen molar-refractivity contribution < 1.29 is 8.78 Å². The number of hydrogen-bond acceptors (Lipinski definition) is 2. The number of halogens is 2. The molecule has 1 aliphatic rings. The number of hydrogen-bond donors (Lipinski definition) is 1. The topological polar surface area (TPSA) is 15.3 Å². The van der Waals surface area contributed by atoms with Crippen LogP contribution in [-0.4, -0.2) is 43.5 Å². The van der Waals surface area contributed by atoms with Gasteiger partial charge in [0.1, 0.15) is 0 Å². The van der Waals surface area contributed by atoms with E-state index in [-0.39, 0.29) is 6.54 Å². The van der Waals surface area contributed by atoms with E-state index < -0.39 is 6.43 Å². The van der Waals surface area contributed by atoms with Gasteiger partial charge in [0, 0.05) is 19.1 Å². The van der Waals surface area contributed by atoms with Crippen molar-refractivity contribution in [1.82, 2.24) is 10.2 Å². The highest BCUT2D eigenvalue weighted by atomic mass is 19.3. The summed E-state index contributed by atoms with van der Waals surface area (Å²) in [4.78, 5) is 1.84. The van der Waals surface area contributed by atoms with Crippen LogP contribution in [-0.2, 0) is 0 Å². The van der Waals surface area contributed by atoms with E-state index in [9.17, 15) is 8.78 Å². The molecule has 1 fully saturated rings. The third kappa shape index (κ3) is 4.00. The van der Waals surface area contributed by atoms with E-state index in [1.807, 2.05) is 4.90 Å². The molecule has 1 rings (SSSR count). The fourth-order valence-electron chi connectivity index (χ4n) is 1.71. The summed E-state index contributed by atoms with van der Waals surface area (Å²) in [6.07, 6.45) is -0.121. The van der Waals surface area contributed by atoms with E-state index >= 15 is 0 Å². The predicted molar refractivity (Wildman–Crippen MR) is 49.1 cm³/mol. The molecule has 1 saturated heterocycles. The van der Waals surface area contributed by atoms with Crippen molar-refractivity contribution in [3.05, 3.63) is 0 Å². The molecule has 0 aromatic heterocycles. The normalized spacial score (nSPS) is 26.3. The second-order valence-corrected chi connectivity index (χ2v) is 3.54. The average Bonchev–Trinajstić information content (AvgIpc) is 2.29. The van der Waals surface area contributed by atoms with E-state index in [4.69, 9.17) is 0 Å². The molecule has 78 valence electrons. The van der Waals surface area contributed by atoms with Gasteiger partial charge in [0.15, 0.2) is 0 Å². The summed E-state index contributed by atoms with van der Waals surface area (Å²) < 4.78 is 24.1. The van der Waals surface area contributed by atoms with Gasteiger partial charge in [0.05, 0.1) is 6.54 Å². The van der Waals surface area contributed by atoms with Crippen molar-refractivity contribution in [2.45, 2.75) is 32.2 Å². The first-order valence-electron chi connectivity index (χ1n) is 4.96. The molecule has 1 atom stereocenters. The Labute approximate surface area is 78.3 Å². The molecule has 0 aromatic carbocycles. The number of rotatable bonds is 3. The molecule has 0 radical (unpaired) electrons. The summed E-state index contributed by atoms with van der Waals surface area (Å²) in [7, 11) is 0. The Balaban J connectivity index is 2.27. The third-order valence-electron chi connectivity index (χ3n) is 2.54. The van der Waals surface area contributed by atoms with Crippen molar-refractivity contribution in [1.29, 1.82) is 0 Å². The summed E-state index contributed by atoms with van der Waals surface area (Å²) in [5, 5.41) is 3.35. The van der Waals surface area contributed by atoms with E-state index in [0.29, 0.717) is 6.04 Å². The van der Waals surface area contributed by atoms with Gasteiger partial charge < -0.3 is 5.32 Å². The molecule has 2 nitrogen and oxygen atoms in total. The van der Waals surface area contributed by atoms with Crippen LogP contribution in [0.4, 0.5) is 8.78 Å². The first-order chi connectivity index (χ1) is 6.22. The van der Waals surface area contributed by atoms with Gasteiger partial charge in [-0.15, -0.1) is 0 Å². The van der Waals surface area contributed by atoms with E-state index in [0.717, 1.165) is 32.5 Å². The van der Waals surface area contributed by atoms with Crippen LogP contribution in [0, 0.1) is 0 Å². The Bertz CT molecular complexity index is 142. The van der Waals surface area contributed by atoms with Gasteiger partial charge >= 0.3 is 0 Å². The largest absolute Gasteiger partial charge is 0.313 e. The minimum atomic E-state index is -2.20. The van der Waals surface area contributed by atoms with Crippen LogP contribution in [0.3, 0.4) is 0 Å². The predicted octanol–water partition coefficient (Wildman–Crippen LogP) is 1.33. The molecule has 0 spiro atoms. The van der Waals surface area contributed by atoms with Gasteiger partial charge in [-0.05, 0) is 19.4 Å². The molecule has 1 N–H and O–H groups in total. The summed E-state index contributed by atoms with van der Waals surface area (Å²) in [6, 6.07) is 0.516. The molecule has 0 amide bonds. The van der Waals surface area contributed by atoms with Crippen LogP contribution >= 0.6 is 0 Å². The van der Waals surface area contributed by atoms with Crippen LogP contribution in [0.2, 0.25) is 0 Å². The lowest BCUT2D eigenvalue weighted by atomic mass is 10.1. The van der Waals surface area contributed by atoms with Crippen molar-refractivity contribution in [3.63, 3.8) is 0 Å². The van der Waals surface area contributed by atoms with E-state index in [2.05, 4.69) is 12.2 Å². The van der Waals surface area contributed by atoms with Crippen LogP contribution < -0.4 is 5.32 Å². The lowest BCUT2D eigenvalue weighted by molar-refractivity contribution is 0.0911. The molecule has 0 aromatic rings. The Morgan fingerprint density at radius 2 is 2.23 bits per heavy atom. The maximum atomic E-state index is 12.1. The monoisotopic (exact) mass is 192 g/mol. The summed E-state index contributed by atoms with van der Waals surface area (Å²) >= 11 is 0. The molecule has 0 bridgehead atoms. The number of nitrogens with one attached hydrogen (secondary N) is 1. The van der Waals surface area contributed by atoms with Crippen molar-refractivity contribution >= 4 is 0 Å². The van der Waals surface area contributed by atoms with Crippen molar-refractivity contribution in [2.75, 3.05) is 26.2 Å². The summed E-state index contributed by atoms with van der Waals surface area (Å²) in [6.45, 7) is 4.44. The Kier molecular flexibility index (Phi) is 4.59. The maximum Gasteiger partial charge on any atom is 0.251 e. The highest BCUT2D eigenvalue weighted by Gasteiger charge is 2.17. The minimum Gasteiger partial charge on any atom is -0.313 e. The fraction of sp³-hybridized carbons (Fsp3) is 1.00. The Morgan fingerprint density at radius 3 is 2.85 bits per heavy atom. The van der Waals surface area contributed by atoms with Crippen LogP contribution in [0.15, 0.2) is 0 Å². The standard InChI is InChI=1S/C9H18F2N2/c1-2-8-3-5-13(6-4-12-8)7-9(10)11/h8-9,12H,2-7H2,1H3. The molecule has 1 unspecified atom stereocenters. The van der Waals surface area contributed by atoms with Crippen LogP contribution in [0.1, 0.15) is 19.8 Å². The summed E-state index contributed by atoms with van der Waals surface area (Å²) in [5.74, 6) is 0. The number of nitrogens with zero attached hydrogens (tertiary/aromatic N) is 1. The summed E-state index contributed by atoms with van der Waals surface area (Å²) in [5.41, 5.74) is 0. The van der Waals surface area contributed by atoms with E-state index in [1.165, 1.54) is 0 Å². The maximum absolute atomic E-state index is 12.1. The second-order valence-electron chi connectivity index (χ2n) is 3.54. The first-order valence-corrected chi connectivity index (χ1v) is 4.96. The van der Waals surface area contributed by atoms with Gasteiger partial charge in [-0.25, -0.2) is 8.78 Å². The zero-order valence-corrected chi connectivity index (χ0v) is 8.10. The number of alkyl halides is 2. The highest BCUT2D eigenvalue weighted by Crippen LogP contribution is 2.06.